The van der Waals surface area contributed by atoms with E-state index in [1.54, 1.807) is 12.1 Å². The Hall–Kier alpha value is -2.52. The highest BCUT2D eigenvalue weighted by Crippen LogP contribution is 2.34. The largest absolute Gasteiger partial charge is 0.370 e. The highest BCUT2D eigenvalue weighted by atomic mass is 35.5. The SMILES string of the molecule is Cc1cc(C)n(CCNC(=O)C2(C)CCN(c3ccc(Cl)cc3C#N)CC2)n1. The van der Waals surface area contributed by atoms with E-state index in [1.807, 2.05) is 37.6 Å². The van der Waals surface area contributed by atoms with Crippen LogP contribution in [0.1, 0.15) is 36.7 Å². The van der Waals surface area contributed by atoms with Crippen LogP contribution in [-0.2, 0) is 11.3 Å². The number of nitrogens with zero attached hydrogens (tertiary/aromatic N) is 4. The number of hydrogen-bond acceptors (Lipinski definition) is 4. The zero-order chi connectivity index (χ0) is 20.3. The number of carbonyl (C=O) groups is 1. The number of halogens is 1. The predicted octanol–water partition coefficient (Wildman–Crippen LogP) is 3.45. The van der Waals surface area contributed by atoms with Gasteiger partial charge in [-0.2, -0.15) is 10.4 Å². The molecule has 6 nitrogen and oxygen atoms in total. The van der Waals surface area contributed by atoms with Crippen molar-refractivity contribution in [3.05, 3.63) is 46.2 Å². The molecular formula is C21H26ClN5O. The lowest BCUT2D eigenvalue weighted by atomic mass is 9.79. The van der Waals surface area contributed by atoms with Gasteiger partial charge in [0.25, 0.3) is 0 Å². The maximum Gasteiger partial charge on any atom is 0.226 e. The summed E-state index contributed by atoms with van der Waals surface area (Å²) in [7, 11) is 0. The van der Waals surface area contributed by atoms with E-state index in [9.17, 15) is 10.1 Å². The second kappa shape index (κ2) is 8.24. The number of anilines is 1. The van der Waals surface area contributed by atoms with Gasteiger partial charge in [0.1, 0.15) is 6.07 Å². The van der Waals surface area contributed by atoms with Crippen molar-refractivity contribution in [3.63, 3.8) is 0 Å². The molecule has 0 radical (unpaired) electrons. The molecule has 0 unspecified atom stereocenters. The van der Waals surface area contributed by atoms with Crippen LogP contribution in [0.2, 0.25) is 5.02 Å². The molecule has 0 saturated carbocycles. The van der Waals surface area contributed by atoms with Crippen molar-refractivity contribution in [2.24, 2.45) is 5.41 Å². The van der Waals surface area contributed by atoms with E-state index in [2.05, 4.69) is 21.4 Å². The van der Waals surface area contributed by atoms with Crippen molar-refractivity contribution in [2.75, 3.05) is 24.5 Å². The summed E-state index contributed by atoms with van der Waals surface area (Å²) in [5, 5.41) is 17.4. The summed E-state index contributed by atoms with van der Waals surface area (Å²) in [6.45, 7) is 8.71. The minimum atomic E-state index is -0.398. The summed E-state index contributed by atoms with van der Waals surface area (Å²) in [6, 6.07) is 9.63. The number of hydrogen-bond donors (Lipinski definition) is 1. The molecule has 7 heteroatoms. The van der Waals surface area contributed by atoms with Crippen LogP contribution in [0.5, 0.6) is 0 Å². The summed E-state index contributed by atoms with van der Waals surface area (Å²) in [5.41, 5.74) is 3.15. The van der Waals surface area contributed by atoms with E-state index in [0.29, 0.717) is 23.7 Å². The molecule has 2 aromatic rings. The second-order valence-electron chi connectivity index (χ2n) is 7.73. The molecule has 1 fully saturated rings. The predicted molar refractivity (Wildman–Crippen MR) is 110 cm³/mol. The first-order chi connectivity index (χ1) is 13.3. The van der Waals surface area contributed by atoms with Crippen molar-refractivity contribution in [3.8, 4) is 6.07 Å². The quantitative estimate of drug-likeness (QED) is 0.835. The minimum Gasteiger partial charge on any atom is -0.370 e. The molecule has 0 atom stereocenters. The summed E-state index contributed by atoms with van der Waals surface area (Å²) in [4.78, 5) is 14.9. The summed E-state index contributed by atoms with van der Waals surface area (Å²) in [6.07, 6.45) is 1.48. The number of benzene rings is 1. The van der Waals surface area contributed by atoms with Gasteiger partial charge < -0.3 is 10.2 Å². The molecule has 0 spiro atoms. The summed E-state index contributed by atoms with van der Waals surface area (Å²) < 4.78 is 1.92. The maximum atomic E-state index is 12.8. The molecule has 1 aromatic heterocycles. The first-order valence-electron chi connectivity index (χ1n) is 9.56. The Labute approximate surface area is 171 Å². The van der Waals surface area contributed by atoms with Crippen molar-refractivity contribution >= 4 is 23.2 Å². The number of rotatable bonds is 5. The van der Waals surface area contributed by atoms with Gasteiger partial charge in [-0.05, 0) is 51.0 Å². The van der Waals surface area contributed by atoms with Gasteiger partial charge in [-0.25, -0.2) is 0 Å². The monoisotopic (exact) mass is 399 g/mol. The smallest absolute Gasteiger partial charge is 0.226 e. The summed E-state index contributed by atoms with van der Waals surface area (Å²) >= 11 is 6.00. The number of nitriles is 1. The van der Waals surface area contributed by atoms with Gasteiger partial charge in [0.2, 0.25) is 5.91 Å². The summed E-state index contributed by atoms with van der Waals surface area (Å²) in [5.74, 6) is 0.0882. The fraction of sp³-hybridized carbons (Fsp3) is 0.476. The fourth-order valence-corrected chi connectivity index (χ4v) is 3.90. The number of amides is 1. The third-order valence-electron chi connectivity index (χ3n) is 5.55. The molecule has 3 rings (SSSR count). The molecular weight excluding hydrogens is 374 g/mol. The van der Waals surface area contributed by atoms with Crippen LogP contribution < -0.4 is 10.2 Å². The van der Waals surface area contributed by atoms with E-state index < -0.39 is 5.41 Å². The number of nitrogens with one attached hydrogen (secondary N) is 1. The zero-order valence-electron chi connectivity index (χ0n) is 16.6. The fourth-order valence-electron chi connectivity index (χ4n) is 3.73. The molecule has 148 valence electrons. The van der Waals surface area contributed by atoms with Crippen LogP contribution in [0, 0.1) is 30.6 Å². The Morgan fingerprint density at radius 3 is 2.64 bits per heavy atom. The lowest BCUT2D eigenvalue weighted by Crippen LogP contribution is -2.48. The molecule has 1 N–H and O–H groups in total. The van der Waals surface area contributed by atoms with Gasteiger partial charge in [0.15, 0.2) is 0 Å². The van der Waals surface area contributed by atoms with E-state index in [0.717, 1.165) is 43.0 Å². The van der Waals surface area contributed by atoms with Gasteiger partial charge in [0.05, 0.1) is 23.5 Å². The van der Waals surface area contributed by atoms with Gasteiger partial charge in [-0.3, -0.25) is 9.48 Å². The Balaban J connectivity index is 1.56. The maximum absolute atomic E-state index is 12.8. The van der Waals surface area contributed by atoms with E-state index in [1.165, 1.54) is 0 Å². The average molecular weight is 400 g/mol. The molecule has 0 aliphatic carbocycles. The molecule has 1 amide bonds. The lowest BCUT2D eigenvalue weighted by molar-refractivity contribution is -0.131. The topological polar surface area (TPSA) is 74.0 Å². The Kier molecular flexibility index (Phi) is 5.95. The van der Waals surface area contributed by atoms with Crippen LogP contribution in [0.25, 0.3) is 0 Å². The van der Waals surface area contributed by atoms with Crippen molar-refractivity contribution in [1.82, 2.24) is 15.1 Å². The van der Waals surface area contributed by atoms with Gasteiger partial charge in [-0.15, -0.1) is 0 Å². The number of aromatic nitrogens is 2. The van der Waals surface area contributed by atoms with Gasteiger partial charge >= 0.3 is 0 Å². The van der Waals surface area contributed by atoms with Gasteiger partial charge in [-0.1, -0.05) is 18.5 Å². The van der Waals surface area contributed by atoms with Crippen LogP contribution in [0.3, 0.4) is 0 Å². The number of carbonyl (C=O) groups excluding carboxylic acids is 1. The second-order valence-corrected chi connectivity index (χ2v) is 8.16. The molecule has 1 aromatic carbocycles. The van der Waals surface area contributed by atoms with Crippen molar-refractivity contribution in [1.29, 1.82) is 5.26 Å². The highest BCUT2D eigenvalue weighted by molar-refractivity contribution is 6.30. The lowest BCUT2D eigenvalue weighted by Gasteiger charge is -2.39. The molecule has 1 saturated heterocycles. The number of aryl methyl sites for hydroxylation is 2. The van der Waals surface area contributed by atoms with E-state index in [4.69, 9.17) is 11.6 Å². The van der Waals surface area contributed by atoms with E-state index in [-0.39, 0.29) is 5.91 Å². The third-order valence-corrected chi connectivity index (χ3v) is 5.78. The molecule has 0 bridgehead atoms. The average Bonchev–Trinajstić information content (AvgIpc) is 2.99. The molecule has 1 aliphatic rings. The normalized spacial score (nSPS) is 15.9. The Bertz CT molecular complexity index is 906. The zero-order valence-corrected chi connectivity index (χ0v) is 17.4. The van der Waals surface area contributed by atoms with Crippen LogP contribution in [0.15, 0.2) is 24.3 Å². The standard InChI is InChI=1S/C21H26ClN5O/c1-15-12-16(2)27(25-15)11-8-24-20(28)21(3)6-9-26(10-7-21)19-5-4-18(22)13-17(19)14-23/h4-5,12-13H,6-11H2,1-3H3,(H,24,28). The first-order valence-corrected chi connectivity index (χ1v) is 9.94. The minimum absolute atomic E-state index is 0.0882. The van der Waals surface area contributed by atoms with Crippen LogP contribution in [0.4, 0.5) is 5.69 Å². The number of piperidine rings is 1. The van der Waals surface area contributed by atoms with Crippen molar-refractivity contribution in [2.45, 2.75) is 40.2 Å². The molecule has 1 aliphatic heterocycles. The molecule has 28 heavy (non-hydrogen) atoms. The highest BCUT2D eigenvalue weighted by Gasteiger charge is 2.37. The van der Waals surface area contributed by atoms with Crippen LogP contribution in [-0.4, -0.2) is 35.3 Å². The van der Waals surface area contributed by atoms with Gasteiger partial charge in [0, 0.05) is 35.8 Å². The Morgan fingerprint density at radius 2 is 2.04 bits per heavy atom. The van der Waals surface area contributed by atoms with E-state index >= 15 is 0 Å². The first kappa shape index (κ1) is 20.2. The molecule has 2 heterocycles. The van der Waals surface area contributed by atoms with Crippen molar-refractivity contribution < 1.29 is 4.79 Å². The third kappa shape index (κ3) is 4.31. The van der Waals surface area contributed by atoms with Crippen LogP contribution >= 0.6 is 11.6 Å². The Morgan fingerprint density at radius 1 is 1.32 bits per heavy atom.